The molecule has 1 heteroatoms. The predicted molar refractivity (Wildman–Crippen MR) is 60.0 cm³/mol. The van der Waals surface area contributed by atoms with Crippen LogP contribution in [0.25, 0.3) is 5.69 Å². The van der Waals surface area contributed by atoms with Crippen LogP contribution in [0.2, 0.25) is 0 Å². The van der Waals surface area contributed by atoms with Gasteiger partial charge in [0.25, 0.3) is 0 Å². The lowest BCUT2D eigenvalue weighted by Crippen LogP contribution is -1.97. The smallest absolute Gasteiger partial charge is 0.0455 e. The number of aryl methyl sites for hydroxylation is 3. The van der Waals surface area contributed by atoms with E-state index in [0.717, 1.165) is 0 Å². The summed E-state index contributed by atoms with van der Waals surface area (Å²) in [7, 11) is 0. The minimum absolute atomic E-state index is 1.25. The van der Waals surface area contributed by atoms with Crippen LogP contribution in [-0.4, -0.2) is 4.57 Å². The molecule has 0 saturated heterocycles. The monoisotopic (exact) mass is 185 g/mol. The van der Waals surface area contributed by atoms with E-state index >= 15 is 0 Å². The quantitative estimate of drug-likeness (QED) is 0.641. The predicted octanol–water partition coefficient (Wildman–Crippen LogP) is 3.40. The van der Waals surface area contributed by atoms with Gasteiger partial charge in [-0.3, -0.25) is 0 Å². The molecule has 72 valence electrons. The Kier molecular flexibility index (Phi) is 2.16. The lowest BCUT2D eigenvalue weighted by atomic mass is 10.2. The van der Waals surface area contributed by atoms with Crippen molar-refractivity contribution in [3.8, 4) is 5.69 Å². The Labute approximate surface area is 85.0 Å². The van der Waals surface area contributed by atoms with E-state index in [-0.39, 0.29) is 0 Å². The van der Waals surface area contributed by atoms with E-state index in [1.165, 1.54) is 22.6 Å². The van der Waals surface area contributed by atoms with Crippen molar-refractivity contribution in [1.82, 2.24) is 4.57 Å². The van der Waals surface area contributed by atoms with Crippen LogP contribution >= 0.6 is 0 Å². The largest absolute Gasteiger partial charge is 0.319 e. The second-order valence-electron chi connectivity index (χ2n) is 3.79. The third kappa shape index (κ3) is 1.46. The molecule has 0 amide bonds. The normalized spacial score (nSPS) is 10.5. The molecule has 0 N–H and O–H groups in total. The third-order valence-electron chi connectivity index (χ3n) is 2.56. The molecule has 14 heavy (non-hydrogen) atoms. The van der Waals surface area contributed by atoms with Gasteiger partial charge in [0.15, 0.2) is 0 Å². The van der Waals surface area contributed by atoms with E-state index in [1.807, 2.05) is 0 Å². The molecule has 1 aromatic carbocycles. The van der Waals surface area contributed by atoms with E-state index in [2.05, 4.69) is 61.7 Å². The topological polar surface area (TPSA) is 4.93 Å². The summed E-state index contributed by atoms with van der Waals surface area (Å²) in [4.78, 5) is 0. The molecule has 0 fully saturated rings. The van der Waals surface area contributed by atoms with Gasteiger partial charge in [-0.05, 0) is 45.0 Å². The van der Waals surface area contributed by atoms with Crippen molar-refractivity contribution in [3.63, 3.8) is 0 Å². The third-order valence-corrected chi connectivity index (χ3v) is 2.56. The van der Waals surface area contributed by atoms with Crippen molar-refractivity contribution >= 4 is 0 Å². The fraction of sp³-hybridized carbons (Fsp3) is 0.231. The standard InChI is InChI=1S/C13H15N/c1-10-4-8-13(9-5-10)14-11(2)6-7-12(14)3/h4-9H,1-3H3. The second kappa shape index (κ2) is 3.33. The minimum Gasteiger partial charge on any atom is -0.319 e. The molecule has 1 aromatic heterocycles. The molecule has 1 nitrogen and oxygen atoms in total. The number of hydrogen-bond donors (Lipinski definition) is 0. The van der Waals surface area contributed by atoms with Crippen molar-refractivity contribution in [2.45, 2.75) is 20.8 Å². The van der Waals surface area contributed by atoms with Gasteiger partial charge in [0.05, 0.1) is 0 Å². The van der Waals surface area contributed by atoms with Gasteiger partial charge in [-0.2, -0.15) is 0 Å². The summed E-state index contributed by atoms with van der Waals surface area (Å²) in [5.74, 6) is 0. The number of aromatic nitrogens is 1. The molecule has 0 spiro atoms. The lowest BCUT2D eigenvalue weighted by molar-refractivity contribution is 0.965. The molecule has 1 heterocycles. The average molecular weight is 185 g/mol. The van der Waals surface area contributed by atoms with E-state index in [9.17, 15) is 0 Å². The molecule has 2 aromatic rings. The molecule has 2 rings (SSSR count). The summed E-state index contributed by atoms with van der Waals surface area (Å²) in [5, 5.41) is 0. The molecular weight excluding hydrogens is 170 g/mol. The van der Waals surface area contributed by atoms with Crippen LogP contribution in [0, 0.1) is 20.8 Å². The zero-order chi connectivity index (χ0) is 10.1. The summed E-state index contributed by atoms with van der Waals surface area (Å²) in [5.41, 5.74) is 5.12. The number of benzene rings is 1. The Bertz CT molecular complexity index is 415. The maximum Gasteiger partial charge on any atom is 0.0455 e. The highest BCUT2D eigenvalue weighted by atomic mass is 15.0. The summed E-state index contributed by atoms with van der Waals surface area (Å²) < 4.78 is 2.26. The Morgan fingerprint density at radius 1 is 0.714 bits per heavy atom. The van der Waals surface area contributed by atoms with Gasteiger partial charge in [0, 0.05) is 17.1 Å². The number of rotatable bonds is 1. The van der Waals surface area contributed by atoms with Crippen LogP contribution in [0.15, 0.2) is 36.4 Å². The van der Waals surface area contributed by atoms with Gasteiger partial charge in [0.1, 0.15) is 0 Å². The van der Waals surface area contributed by atoms with E-state index in [0.29, 0.717) is 0 Å². The van der Waals surface area contributed by atoms with Gasteiger partial charge in [-0.25, -0.2) is 0 Å². The first kappa shape index (κ1) is 9.07. The molecule has 0 unspecified atom stereocenters. The highest BCUT2D eigenvalue weighted by Crippen LogP contribution is 2.16. The molecule has 0 bridgehead atoms. The highest BCUT2D eigenvalue weighted by Gasteiger charge is 2.02. The zero-order valence-corrected chi connectivity index (χ0v) is 8.91. The van der Waals surface area contributed by atoms with E-state index in [4.69, 9.17) is 0 Å². The van der Waals surface area contributed by atoms with Crippen LogP contribution < -0.4 is 0 Å². The molecular formula is C13H15N. The molecule has 0 aliphatic rings. The Hall–Kier alpha value is -1.50. The first-order valence-corrected chi connectivity index (χ1v) is 4.90. The molecule has 0 atom stereocenters. The Morgan fingerprint density at radius 3 is 1.71 bits per heavy atom. The highest BCUT2D eigenvalue weighted by molar-refractivity contribution is 5.39. The van der Waals surface area contributed by atoms with Crippen molar-refractivity contribution in [2.24, 2.45) is 0 Å². The first-order valence-electron chi connectivity index (χ1n) is 4.90. The molecule has 0 aliphatic carbocycles. The van der Waals surface area contributed by atoms with Gasteiger partial charge in [-0.15, -0.1) is 0 Å². The van der Waals surface area contributed by atoms with Crippen LogP contribution in [-0.2, 0) is 0 Å². The van der Waals surface area contributed by atoms with Crippen LogP contribution in [0.3, 0.4) is 0 Å². The Balaban J connectivity index is 2.54. The van der Waals surface area contributed by atoms with Crippen LogP contribution in [0.5, 0.6) is 0 Å². The molecule has 0 aliphatic heterocycles. The maximum atomic E-state index is 2.26. The maximum absolute atomic E-state index is 2.26. The van der Waals surface area contributed by atoms with E-state index in [1.54, 1.807) is 0 Å². The fourth-order valence-electron chi connectivity index (χ4n) is 1.77. The Morgan fingerprint density at radius 2 is 1.21 bits per heavy atom. The van der Waals surface area contributed by atoms with E-state index < -0.39 is 0 Å². The number of nitrogens with zero attached hydrogens (tertiary/aromatic N) is 1. The molecule has 0 saturated carbocycles. The summed E-state index contributed by atoms with van der Waals surface area (Å²) >= 11 is 0. The number of hydrogen-bond acceptors (Lipinski definition) is 0. The summed E-state index contributed by atoms with van der Waals surface area (Å²) in [6.45, 7) is 6.37. The van der Waals surface area contributed by atoms with Crippen molar-refractivity contribution in [3.05, 3.63) is 53.3 Å². The summed E-state index contributed by atoms with van der Waals surface area (Å²) in [6, 6.07) is 12.9. The zero-order valence-electron chi connectivity index (χ0n) is 8.91. The fourth-order valence-corrected chi connectivity index (χ4v) is 1.77. The summed E-state index contributed by atoms with van der Waals surface area (Å²) in [6.07, 6.45) is 0. The van der Waals surface area contributed by atoms with Crippen molar-refractivity contribution in [2.75, 3.05) is 0 Å². The van der Waals surface area contributed by atoms with Crippen LogP contribution in [0.1, 0.15) is 17.0 Å². The van der Waals surface area contributed by atoms with Gasteiger partial charge < -0.3 is 4.57 Å². The average Bonchev–Trinajstić information content (AvgIpc) is 2.49. The first-order chi connectivity index (χ1) is 6.68. The van der Waals surface area contributed by atoms with Gasteiger partial charge in [0.2, 0.25) is 0 Å². The van der Waals surface area contributed by atoms with Gasteiger partial charge in [-0.1, -0.05) is 17.7 Å². The van der Waals surface area contributed by atoms with Crippen molar-refractivity contribution in [1.29, 1.82) is 0 Å². The van der Waals surface area contributed by atoms with Gasteiger partial charge >= 0.3 is 0 Å². The van der Waals surface area contributed by atoms with Crippen molar-refractivity contribution < 1.29 is 0 Å². The molecule has 0 radical (unpaired) electrons. The SMILES string of the molecule is Cc1ccc(-n2c(C)ccc2C)cc1. The minimum atomic E-state index is 1.25. The lowest BCUT2D eigenvalue weighted by Gasteiger charge is -2.09. The second-order valence-corrected chi connectivity index (χ2v) is 3.79. The van der Waals surface area contributed by atoms with Crippen LogP contribution in [0.4, 0.5) is 0 Å².